The molecule has 1 saturated heterocycles. The minimum atomic E-state index is -0.402. The molecule has 4 atom stereocenters. The predicted molar refractivity (Wildman–Crippen MR) is 68.0 cm³/mol. The quantitative estimate of drug-likeness (QED) is 0.876. The summed E-state index contributed by atoms with van der Waals surface area (Å²) in [5.41, 5.74) is 6.74. The molecule has 0 radical (unpaired) electrons. The van der Waals surface area contributed by atoms with E-state index in [0.717, 1.165) is 5.56 Å². The third-order valence-electron chi connectivity index (χ3n) is 4.32. The van der Waals surface area contributed by atoms with E-state index in [0.29, 0.717) is 12.5 Å². The topological polar surface area (TPSA) is 55.6 Å². The van der Waals surface area contributed by atoms with Crippen LogP contribution in [0.15, 0.2) is 18.2 Å². The number of ether oxygens (including phenoxy) is 1. The van der Waals surface area contributed by atoms with Crippen molar-refractivity contribution >= 4 is 5.91 Å². The highest BCUT2D eigenvalue weighted by Gasteiger charge is 2.61. The fraction of sp³-hybridized carbons (Fsp3) is 0.500. The zero-order valence-corrected chi connectivity index (χ0v) is 11.0. The first-order valence-electron chi connectivity index (χ1n) is 6.41. The molecule has 0 spiro atoms. The molecular formula is C14H17FN2O2. The van der Waals surface area contributed by atoms with Crippen LogP contribution in [0, 0.1) is 17.7 Å². The first kappa shape index (κ1) is 12.4. The highest BCUT2D eigenvalue weighted by atomic mass is 19.1. The number of methoxy groups -OCH3 is 1. The molecule has 1 aliphatic heterocycles. The van der Waals surface area contributed by atoms with E-state index < -0.39 is 5.82 Å². The van der Waals surface area contributed by atoms with Gasteiger partial charge >= 0.3 is 0 Å². The molecule has 2 aliphatic rings. The molecule has 0 aromatic heterocycles. The number of halogens is 1. The van der Waals surface area contributed by atoms with Crippen molar-refractivity contribution in [1.82, 2.24) is 4.90 Å². The Morgan fingerprint density at radius 2 is 2.26 bits per heavy atom. The van der Waals surface area contributed by atoms with Crippen molar-refractivity contribution in [3.05, 3.63) is 29.6 Å². The highest BCUT2D eigenvalue weighted by Crippen LogP contribution is 2.56. The minimum Gasteiger partial charge on any atom is -0.493 e. The van der Waals surface area contributed by atoms with E-state index in [1.807, 2.05) is 6.07 Å². The molecule has 1 heterocycles. The monoisotopic (exact) mass is 264 g/mol. The molecule has 1 aromatic carbocycles. The second kappa shape index (κ2) is 4.20. The van der Waals surface area contributed by atoms with Gasteiger partial charge in [-0.2, -0.15) is 0 Å². The fourth-order valence-corrected chi connectivity index (χ4v) is 3.34. The van der Waals surface area contributed by atoms with Gasteiger partial charge in [0.05, 0.1) is 13.2 Å². The lowest BCUT2D eigenvalue weighted by Gasteiger charge is -2.29. The lowest BCUT2D eigenvalue weighted by Crippen LogP contribution is -2.35. The summed E-state index contributed by atoms with van der Waals surface area (Å²) in [5.74, 6) is 0.372. The maximum atomic E-state index is 13.8. The number of nitrogens with zero attached hydrogens (tertiary/aromatic N) is 1. The Labute approximate surface area is 111 Å². The zero-order valence-electron chi connectivity index (χ0n) is 11.0. The van der Waals surface area contributed by atoms with Gasteiger partial charge in [0.25, 0.3) is 0 Å². The van der Waals surface area contributed by atoms with Crippen LogP contribution in [0.25, 0.3) is 0 Å². The van der Waals surface area contributed by atoms with E-state index in [1.165, 1.54) is 20.1 Å². The summed E-state index contributed by atoms with van der Waals surface area (Å²) in [6.45, 7) is 2.19. The molecule has 1 saturated carbocycles. The standard InChI is InChI=1S/C14H17FN2O2/c1-7(18)17-6-9-11(12(9)16)13(17)8-4-3-5-10(15)14(8)19-2/h3-5,9,11-13H,6,16H2,1-2H3. The van der Waals surface area contributed by atoms with E-state index >= 15 is 0 Å². The van der Waals surface area contributed by atoms with Crippen LogP contribution in [0.3, 0.4) is 0 Å². The summed E-state index contributed by atoms with van der Waals surface area (Å²) in [5, 5.41) is 0. The Bertz CT molecular complexity index is 534. The largest absolute Gasteiger partial charge is 0.493 e. The van der Waals surface area contributed by atoms with Crippen molar-refractivity contribution in [2.24, 2.45) is 17.6 Å². The van der Waals surface area contributed by atoms with Gasteiger partial charge < -0.3 is 15.4 Å². The number of fused-ring (bicyclic) bond motifs is 1. The van der Waals surface area contributed by atoms with Crippen LogP contribution in [-0.2, 0) is 4.79 Å². The molecule has 1 aliphatic carbocycles. The maximum Gasteiger partial charge on any atom is 0.219 e. The van der Waals surface area contributed by atoms with E-state index in [1.54, 1.807) is 11.0 Å². The highest BCUT2D eigenvalue weighted by molar-refractivity contribution is 5.75. The first-order chi connectivity index (χ1) is 9.06. The van der Waals surface area contributed by atoms with Crippen LogP contribution in [0.1, 0.15) is 18.5 Å². The molecule has 2 N–H and O–H groups in total. The summed E-state index contributed by atoms with van der Waals surface area (Å²) in [4.78, 5) is 13.5. The lowest BCUT2D eigenvalue weighted by molar-refractivity contribution is -0.130. The minimum absolute atomic E-state index is 0.00397. The van der Waals surface area contributed by atoms with Gasteiger partial charge in [0.15, 0.2) is 11.6 Å². The number of rotatable bonds is 2. The Morgan fingerprint density at radius 3 is 2.89 bits per heavy atom. The summed E-state index contributed by atoms with van der Waals surface area (Å²) in [6.07, 6.45) is 0. The molecule has 4 unspecified atom stereocenters. The molecule has 1 amide bonds. The van der Waals surface area contributed by atoms with E-state index in [2.05, 4.69) is 0 Å². The lowest BCUT2D eigenvalue weighted by atomic mass is 10.00. The SMILES string of the molecule is COc1c(F)cccc1C1C2C(N)C2CN1C(C)=O. The molecule has 5 heteroatoms. The van der Waals surface area contributed by atoms with Gasteiger partial charge in [-0.25, -0.2) is 4.39 Å². The van der Waals surface area contributed by atoms with Gasteiger partial charge in [-0.05, 0) is 12.0 Å². The van der Waals surface area contributed by atoms with Crippen LogP contribution in [0.4, 0.5) is 4.39 Å². The van der Waals surface area contributed by atoms with Crippen molar-refractivity contribution < 1.29 is 13.9 Å². The smallest absolute Gasteiger partial charge is 0.219 e. The summed E-state index contributed by atoms with van der Waals surface area (Å²) >= 11 is 0. The van der Waals surface area contributed by atoms with Gasteiger partial charge in [0, 0.05) is 31.0 Å². The molecule has 19 heavy (non-hydrogen) atoms. The average molecular weight is 264 g/mol. The third-order valence-corrected chi connectivity index (χ3v) is 4.32. The summed E-state index contributed by atoms with van der Waals surface area (Å²) < 4.78 is 19.0. The van der Waals surface area contributed by atoms with Crippen molar-refractivity contribution in [2.75, 3.05) is 13.7 Å². The summed E-state index contributed by atoms with van der Waals surface area (Å²) in [6, 6.07) is 4.76. The van der Waals surface area contributed by atoms with Gasteiger partial charge in [0.1, 0.15) is 0 Å². The second-order valence-corrected chi connectivity index (χ2v) is 5.30. The van der Waals surface area contributed by atoms with Gasteiger partial charge in [-0.1, -0.05) is 12.1 Å². The molecule has 4 nitrogen and oxygen atoms in total. The number of likely N-dealkylation sites (tertiary alicyclic amines) is 1. The number of hydrogen-bond donors (Lipinski definition) is 1. The van der Waals surface area contributed by atoms with E-state index in [9.17, 15) is 9.18 Å². The number of piperidine rings is 1. The first-order valence-corrected chi connectivity index (χ1v) is 6.41. The molecule has 3 rings (SSSR count). The molecule has 0 bridgehead atoms. The van der Waals surface area contributed by atoms with Gasteiger partial charge in [-0.3, -0.25) is 4.79 Å². The van der Waals surface area contributed by atoms with Crippen LogP contribution < -0.4 is 10.5 Å². The van der Waals surface area contributed by atoms with Gasteiger partial charge in [0.2, 0.25) is 5.91 Å². The molecule has 102 valence electrons. The molecular weight excluding hydrogens is 247 g/mol. The predicted octanol–water partition coefficient (Wildman–Crippen LogP) is 1.31. The third kappa shape index (κ3) is 1.72. The second-order valence-electron chi connectivity index (χ2n) is 5.30. The Balaban J connectivity index is 2.04. The van der Waals surface area contributed by atoms with Gasteiger partial charge in [-0.15, -0.1) is 0 Å². The van der Waals surface area contributed by atoms with Crippen LogP contribution in [-0.4, -0.2) is 30.5 Å². The number of para-hydroxylation sites is 1. The van der Waals surface area contributed by atoms with Crippen LogP contribution >= 0.6 is 0 Å². The number of hydrogen-bond acceptors (Lipinski definition) is 3. The van der Waals surface area contributed by atoms with Crippen molar-refractivity contribution in [1.29, 1.82) is 0 Å². The van der Waals surface area contributed by atoms with Crippen molar-refractivity contribution in [2.45, 2.75) is 19.0 Å². The summed E-state index contributed by atoms with van der Waals surface area (Å²) in [7, 11) is 1.44. The number of nitrogens with two attached hydrogens (primary N) is 1. The van der Waals surface area contributed by atoms with Crippen molar-refractivity contribution in [3.8, 4) is 5.75 Å². The number of carbonyl (C=O) groups is 1. The Morgan fingerprint density at radius 1 is 1.53 bits per heavy atom. The zero-order chi connectivity index (χ0) is 13.7. The number of amides is 1. The normalized spacial score (nSPS) is 32.1. The number of carbonyl (C=O) groups excluding carboxylic acids is 1. The molecule has 1 aromatic rings. The maximum absolute atomic E-state index is 13.8. The Hall–Kier alpha value is -1.62. The van der Waals surface area contributed by atoms with Crippen LogP contribution in [0.2, 0.25) is 0 Å². The average Bonchev–Trinajstić information content (AvgIpc) is 2.85. The Kier molecular flexibility index (Phi) is 2.74. The number of benzene rings is 1. The van der Waals surface area contributed by atoms with E-state index in [4.69, 9.17) is 10.5 Å². The van der Waals surface area contributed by atoms with Crippen molar-refractivity contribution in [3.63, 3.8) is 0 Å². The van der Waals surface area contributed by atoms with E-state index in [-0.39, 0.29) is 29.7 Å². The van der Waals surface area contributed by atoms with Crippen LogP contribution in [0.5, 0.6) is 5.75 Å². The fourth-order valence-electron chi connectivity index (χ4n) is 3.34. The molecule has 2 fully saturated rings.